The highest BCUT2D eigenvalue weighted by atomic mass is 16.3. The monoisotopic (exact) mass is 228 g/mol. The second-order valence-corrected chi connectivity index (χ2v) is 4.49. The van der Waals surface area contributed by atoms with Gasteiger partial charge < -0.3 is 10.4 Å². The molecular formula is C12H24N2O2. The summed E-state index contributed by atoms with van der Waals surface area (Å²) in [5, 5.41) is 12.2. The van der Waals surface area contributed by atoms with Gasteiger partial charge in [-0.1, -0.05) is 13.8 Å². The molecule has 1 amide bonds. The Kier molecular flexibility index (Phi) is 5.77. The molecule has 1 fully saturated rings. The highest BCUT2D eigenvalue weighted by molar-refractivity contribution is 5.78. The van der Waals surface area contributed by atoms with Crippen molar-refractivity contribution in [3.05, 3.63) is 0 Å². The van der Waals surface area contributed by atoms with Crippen LogP contribution in [0.5, 0.6) is 0 Å². The predicted molar refractivity (Wildman–Crippen MR) is 64.2 cm³/mol. The molecular weight excluding hydrogens is 204 g/mol. The maximum atomic E-state index is 11.6. The van der Waals surface area contributed by atoms with Crippen LogP contribution in [0, 0.1) is 0 Å². The van der Waals surface area contributed by atoms with Gasteiger partial charge in [0.25, 0.3) is 0 Å². The summed E-state index contributed by atoms with van der Waals surface area (Å²) >= 11 is 0. The minimum atomic E-state index is -0.286. The summed E-state index contributed by atoms with van der Waals surface area (Å²) in [6.45, 7) is 6.06. The normalized spacial score (nSPS) is 17.5. The van der Waals surface area contributed by atoms with Crippen molar-refractivity contribution in [2.75, 3.05) is 19.6 Å². The van der Waals surface area contributed by atoms with E-state index in [1.165, 1.54) is 12.8 Å². The first-order chi connectivity index (χ1) is 7.67. The summed E-state index contributed by atoms with van der Waals surface area (Å²) < 4.78 is 0. The standard InChI is InChI=1S/C12H24N2O2/c1-3-11(15)7-8-13-12(16)9-14(4-2)10-5-6-10/h10-11,15H,3-9H2,1-2H3,(H,13,16). The van der Waals surface area contributed by atoms with Crippen LogP contribution in [-0.2, 0) is 4.79 Å². The van der Waals surface area contributed by atoms with Crippen LogP contribution in [0.2, 0.25) is 0 Å². The van der Waals surface area contributed by atoms with Gasteiger partial charge in [-0.15, -0.1) is 0 Å². The molecule has 0 aromatic carbocycles. The number of aliphatic hydroxyl groups is 1. The molecule has 0 aromatic heterocycles. The zero-order chi connectivity index (χ0) is 12.0. The molecule has 94 valence electrons. The maximum Gasteiger partial charge on any atom is 0.234 e. The van der Waals surface area contributed by atoms with Crippen LogP contribution in [0.4, 0.5) is 0 Å². The van der Waals surface area contributed by atoms with Crippen LogP contribution < -0.4 is 5.32 Å². The zero-order valence-electron chi connectivity index (χ0n) is 10.4. The van der Waals surface area contributed by atoms with E-state index in [1.54, 1.807) is 0 Å². The summed E-state index contributed by atoms with van der Waals surface area (Å²) in [5.41, 5.74) is 0. The van der Waals surface area contributed by atoms with Crippen molar-refractivity contribution in [3.63, 3.8) is 0 Å². The second kappa shape index (κ2) is 6.86. The average molecular weight is 228 g/mol. The van der Waals surface area contributed by atoms with Crippen molar-refractivity contribution in [1.29, 1.82) is 0 Å². The molecule has 1 atom stereocenters. The van der Waals surface area contributed by atoms with Crippen molar-refractivity contribution in [2.45, 2.75) is 51.7 Å². The number of carbonyl (C=O) groups is 1. The number of aliphatic hydroxyl groups excluding tert-OH is 1. The number of hydrogen-bond acceptors (Lipinski definition) is 3. The van der Waals surface area contributed by atoms with Gasteiger partial charge in [-0.05, 0) is 32.2 Å². The molecule has 0 spiro atoms. The third kappa shape index (κ3) is 4.94. The predicted octanol–water partition coefficient (Wildman–Crippen LogP) is 0.748. The van der Waals surface area contributed by atoms with E-state index in [9.17, 15) is 9.90 Å². The van der Waals surface area contributed by atoms with E-state index >= 15 is 0 Å². The lowest BCUT2D eigenvalue weighted by atomic mass is 10.2. The Morgan fingerprint density at radius 1 is 1.50 bits per heavy atom. The number of rotatable bonds is 8. The minimum absolute atomic E-state index is 0.0806. The molecule has 1 aliphatic carbocycles. The van der Waals surface area contributed by atoms with E-state index in [-0.39, 0.29) is 12.0 Å². The summed E-state index contributed by atoms with van der Waals surface area (Å²) in [6.07, 6.45) is 3.58. The summed E-state index contributed by atoms with van der Waals surface area (Å²) in [4.78, 5) is 13.8. The summed E-state index contributed by atoms with van der Waals surface area (Å²) in [6, 6.07) is 0.636. The number of nitrogens with one attached hydrogen (secondary N) is 1. The van der Waals surface area contributed by atoms with Gasteiger partial charge >= 0.3 is 0 Å². The molecule has 0 heterocycles. The lowest BCUT2D eigenvalue weighted by Gasteiger charge is -2.19. The molecule has 16 heavy (non-hydrogen) atoms. The van der Waals surface area contributed by atoms with E-state index in [1.807, 2.05) is 6.92 Å². The lowest BCUT2D eigenvalue weighted by molar-refractivity contribution is -0.122. The van der Waals surface area contributed by atoms with Gasteiger partial charge in [0.2, 0.25) is 5.91 Å². The fourth-order valence-corrected chi connectivity index (χ4v) is 1.76. The Hall–Kier alpha value is -0.610. The molecule has 1 saturated carbocycles. The Balaban J connectivity index is 2.09. The van der Waals surface area contributed by atoms with E-state index in [0.29, 0.717) is 25.6 Å². The van der Waals surface area contributed by atoms with Gasteiger partial charge in [-0.3, -0.25) is 9.69 Å². The third-order valence-electron chi connectivity index (χ3n) is 3.09. The highest BCUT2D eigenvalue weighted by Gasteiger charge is 2.28. The van der Waals surface area contributed by atoms with Gasteiger partial charge in [-0.25, -0.2) is 0 Å². The zero-order valence-corrected chi connectivity index (χ0v) is 10.4. The number of nitrogens with zero attached hydrogens (tertiary/aromatic N) is 1. The largest absolute Gasteiger partial charge is 0.393 e. The van der Waals surface area contributed by atoms with Crippen molar-refractivity contribution in [3.8, 4) is 0 Å². The van der Waals surface area contributed by atoms with Crippen molar-refractivity contribution in [1.82, 2.24) is 10.2 Å². The Bertz CT molecular complexity index is 217. The van der Waals surface area contributed by atoms with Crippen molar-refractivity contribution >= 4 is 5.91 Å². The molecule has 1 aliphatic rings. The van der Waals surface area contributed by atoms with Gasteiger partial charge in [0.05, 0.1) is 12.6 Å². The molecule has 1 unspecified atom stereocenters. The molecule has 1 rings (SSSR count). The first kappa shape index (κ1) is 13.5. The minimum Gasteiger partial charge on any atom is -0.393 e. The second-order valence-electron chi connectivity index (χ2n) is 4.49. The number of carbonyl (C=O) groups excluding carboxylic acids is 1. The Labute approximate surface area is 98.0 Å². The Morgan fingerprint density at radius 3 is 2.69 bits per heavy atom. The van der Waals surface area contributed by atoms with Crippen LogP contribution in [-0.4, -0.2) is 47.7 Å². The van der Waals surface area contributed by atoms with E-state index in [2.05, 4.69) is 17.1 Å². The van der Waals surface area contributed by atoms with Gasteiger partial charge in [0, 0.05) is 12.6 Å². The molecule has 0 aromatic rings. The van der Waals surface area contributed by atoms with Crippen LogP contribution in [0.15, 0.2) is 0 Å². The van der Waals surface area contributed by atoms with E-state index in [4.69, 9.17) is 0 Å². The molecule has 0 bridgehead atoms. The molecule has 4 heteroatoms. The maximum absolute atomic E-state index is 11.6. The third-order valence-corrected chi connectivity index (χ3v) is 3.09. The van der Waals surface area contributed by atoms with Crippen LogP contribution >= 0.6 is 0 Å². The lowest BCUT2D eigenvalue weighted by Crippen LogP contribution is -2.39. The fraction of sp³-hybridized carbons (Fsp3) is 0.917. The number of amides is 1. The summed E-state index contributed by atoms with van der Waals surface area (Å²) in [5.74, 6) is 0.0806. The van der Waals surface area contributed by atoms with E-state index in [0.717, 1.165) is 13.0 Å². The SMILES string of the molecule is CCC(O)CCNC(=O)CN(CC)C1CC1. The molecule has 4 nitrogen and oxygen atoms in total. The van der Waals surface area contributed by atoms with E-state index < -0.39 is 0 Å². The van der Waals surface area contributed by atoms with Crippen molar-refractivity contribution < 1.29 is 9.90 Å². The first-order valence-electron chi connectivity index (χ1n) is 6.36. The molecule has 0 aliphatic heterocycles. The van der Waals surface area contributed by atoms with Crippen LogP contribution in [0.25, 0.3) is 0 Å². The van der Waals surface area contributed by atoms with Gasteiger partial charge in [0.1, 0.15) is 0 Å². The van der Waals surface area contributed by atoms with Crippen molar-refractivity contribution in [2.24, 2.45) is 0 Å². The molecule has 0 saturated heterocycles. The molecule has 2 N–H and O–H groups in total. The average Bonchev–Trinajstić information content (AvgIpc) is 3.09. The Morgan fingerprint density at radius 2 is 2.19 bits per heavy atom. The van der Waals surface area contributed by atoms with Crippen LogP contribution in [0.3, 0.4) is 0 Å². The summed E-state index contributed by atoms with van der Waals surface area (Å²) in [7, 11) is 0. The van der Waals surface area contributed by atoms with Gasteiger partial charge in [0.15, 0.2) is 0 Å². The highest BCUT2D eigenvalue weighted by Crippen LogP contribution is 2.25. The fourth-order valence-electron chi connectivity index (χ4n) is 1.76. The molecule has 0 radical (unpaired) electrons. The smallest absolute Gasteiger partial charge is 0.234 e. The quantitative estimate of drug-likeness (QED) is 0.644. The van der Waals surface area contributed by atoms with Crippen LogP contribution in [0.1, 0.15) is 39.5 Å². The van der Waals surface area contributed by atoms with Gasteiger partial charge in [-0.2, -0.15) is 0 Å². The number of likely N-dealkylation sites (N-methyl/N-ethyl adjacent to an activating group) is 1. The first-order valence-corrected chi connectivity index (χ1v) is 6.36. The number of hydrogen-bond donors (Lipinski definition) is 2. The topological polar surface area (TPSA) is 52.6 Å².